The number of thioether (sulfide) groups is 1. The van der Waals surface area contributed by atoms with Gasteiger partial charge in [0.1, 0.15) is 19.3 Å². The van der Waals surface area contributed by atoms with Gasteiger partial charge in [-0.2, -0.15) is 0 Å². The van der Waals surface area contributed by atoms with Gasteiger partial charge in [-0.15, -0.1) is 11.8 Å². The molecule has 0 saturated carbocycles. The monoisotopic (exact) mass is 399 g/mol. The van der Waals surface area contributed by atoms with E-state index in [9.17, 15) is 9.59 Å². The highest BCUT2D eigenvalue weighted by Gasteiger charge is 2.35. The van der Waals surface area contributed by atoms with Crippen LogP contribution in [0.2, 0.25) is 0 Å². The van der Waals surface area contributed by atoms with Gasteiger partial charge in [0.25, 0.3) is 0 Å². The minimum absolute atomic E-state index is 0.0928. The quantitative estimate of drug-likeness (QED) is 0.582. The molecule has 2 heterocycles. The molecule has 28 heavy (non-hydrogen) atoms. The van der Waals surface area contributed by atoms with Gasteiger partial charge in [-0.05, 0) is 29.3 Å². The van der Waals surface area contributed by atoms with E-state index in [4.69, 9.17) is 14.2 Å². The molecule has 1 amide bonds. The topological polar surface area (TPSA) is 65.1 Å². The van der Waals surface area contributed by atoms with Crippen molar-refractivity contribution < 1.29 is 23.8 Å². The van der Waals surface area contributed by atoms with Crippen LogP contribution in [0.1, 0.15) is 11.1 Å². The Morgan fingerprint density at radius 1 is 1.11 bits per heavy atom. The van der Waals surface area contributed by atoms with Crippen molar-refractivity contribution in [2.45, 2.75) is 23.9 Å². The molecule has 0 saturated heterocycles. The van der Waals surface area contributed by atoms with Gasteiger partial charge in [0, 0.05) is 17.9 Å². The molecule has 1 atom stereocenters. The zero-order valence-corrected chi connectivity index (χ0v) is 16.4. The molecule has 2 aliphatic rings. The number of benzene rings is 2. The van der Waals surface area contributed by atoms with Crippen LogP contribution in [0.15, 0.2) is 47.4 Å². The molecule has 0 spiro atoms. The van der Waals surface area contributed by atoms with E-state index in [1.165, 1.54) is 18.9 Å². The smallest absolute Gasteiger partial charge is 0.328 e. The van der Waals surface area contributed by atoms with E-state index in [1.54, 1.807) is 4.90 Å². The fourth-order valence-electron chi connectivity index (χ4n) is 3.47. The summed E-state index contributed by atoms with van der Waals surface area (Å²) in [6.45, 7) is 1.48. The molecule has 0 N–H and O–H groups in total. The number of rotatable bonds is 4. The maximum Gasteiger partial charge on any atom is 0.328 e. The van der Waals surface area contributed by atoms with Gasteiger partial charge >= 0.3 is 5.97 Å². The van der Waals surface area contributed by atoms with Gasteiger partial charge < -0.3 is 19.1 Å². The number of esters is 1. The second-order valence-corrected chi connectivity index (χ2v) is 7.68. The summed E-state index contributed by atoms with van der Waals surface area (Å²) >= 11 is 1.42. The second-order valence-electron chi connectivity index (χ2n) is 6.63. The Morgan fingerprint density at radius 3 is 2.64 bits per heavy atom. The van der Waals surface area contributed by atoms with Crippen molar-refractivity contribution in [3.05, 3.63) is 53.6 Å². The number of hydrogen-bond donors (Lipinski definition) is 0. The predicted octanol–water partition coefficient (Wildman–Crippen LogP) is 2.68. The number of fused-ring (bicyclic) bond motifs is 2. The molecule has 4 rings (SSSR count). The highest BCUT2D eigenvalue weighted by molar-refractivity contribution is 8.00. The third-order valence-electron chi connectivity index (χ3n) is 4.92. The molecular weight excluding hydrogens is 378 g/mol. The zero-order chi connectivity index (χ0) is 19.5. The van der Waals surface area contributed by atoms with Crippen molar-refractivity contribution in [3.63, 3.8) is 0 Å². The number of nitrogens with zero attached hydrogens (tertiary/aromatic N) is 1. The van der Waals surface area contributed by atoms with Crippen LogP contribution in [0, 0.1) is 0 Å². The van der Waals surface area contributed by atoms with E-state index in [-0.39, 0.29) is 17.6 Å². The van der Waals surface area contributed by atoms with Crippen LogP contribution in [-0.4, -0.2) is 48.9 Å². The zero-order valence-electron chi connectivity index (χ0n) is 15.6. The number of carbonyl (C=O) groups is 2. The first-order chi connectivity index (χ1) is 13.7. The average Bonchev–Trinajstić information content (AvgIpc) is 2.75. The summed E-state index contributed by atoms with van der Waals surface area (Å²) in [5.41, 5.74) is 2.15. The minimum Gasteiger partial charge on any atom is -0.486 e. The summed E-state index contributed by atoms with van der Waals surface area (Å²) in [5.74, 6) is 1.18. The molecule has 146 valence electrons. The van der Waals surface area contributed by atoms with Crippen molar-refractivity contribution in [3.8, 4) is 11.5 Å². The minimum atomic E-state index is -0.590. The third kappa shape index (κ3) is 3.80. The van der Waals surface area contributed by atoms with Crippen molar-refractivity contribution >= 4 is 23.6 Å². The normalized spacial score (nSPS) is 17.6. The molecular formula is C21H21NO5S. The summed E-state index contributed by atoms with van der Waals surface area (Å²) in [6.07, 6.45) is 0.475. The van der Waals surface area contributed by atoms with Crippen LogP contribution in [0.25, 0.3) is 0 Å². The molecule has 2 aromatic carbocycles. The number of ether oxygens (including phenoxy) is 3. The van der Waals surface area contributed by atoms with E-state index in [1.807, 2.05) is 42.5 Å². The van der Waals surface area contributed by atoms with Crippen molar-refractivity contribution in [1.29, 1.82) is 0 Å². The van der Waals surface area contributed by atoms with Gasteiger partial charge in [-0.25, -0.2) is 4.79 Å². The SMILES string of the molecule is COC(=O)[C@H]1Cc2ccccc2CN1C(=O)CSc1ccc2c(c1)OCCO2. The first-order valence-corrected chi connectivity index (χ1v) is 10.1. The lowest BCUT2D eigenvalue weighted by Gasteiger charge is -2.35. The summed E-state index contributed by atoms with van der Waals surface area (Å²) in [6, 6.07) is 13.0. The molecule has 7 heteroatoms. The first kappa shape index (κ1) is 18.7. The van der Waals surface area contributed by atoms with E-state index in [0.29, 0.717) is 31.9 Å². The summed E-state index contributed by atoms with van der Waals surface area (Å²) in [5, 5.41) is 0. The Balaban J connectivity index is 1.47. The highest BCUT2D eigenvalue weighted by Crippen LogP contribution is 2.34. The Kier molecular flexibility index (Phi) is 5.43. The van der Waals surface area contributed by atoms with E-state index < -0.39 is 6.04 Å². The predicted molar refractivity (Wildman–Crippen MR) is 105 cm³/mol. The highest BCUT2D eigenvalue weighted by atomic mass is 32.2. The lowest BCUT2D eigenvalue weighted by Crippen LogP contribution is -2.49. The Morgan fingerprint density at radius 2 is 1.86 bits per heavy atom. The van der Waals surface area contributed by atoms with E-state index in [0.717, 1.165) is 21.8 Å². The summed E-state index contributed by atoms with van der Waals surface area (Å²) < 4.78 is 16.1. The van der Waals surface area contributed by atoms with Gasteiger partial charge in [-0.1, -0.05) is 24.3 Å². The van der Waals surface area contributed by atoms with Gasteiger partial charge in [0.15, 0.2) is 11.5 Å². The lowest BCUT2D eigenvalue weighted by atomic mass is 9.94. The van der Waals surface area contributed by atoms with Crippen molar-refractivity contribution in [1.82, 2.24) is 4.90 Å². The standard InChI is InChI=1S/C21H21NO5S/c1-25-21(24)17-10-14-4-2-3-5-15(14)12-22(17)20(23)13-28-16-6-7-18-19(11-16)27-9-8-26-18/h2-7,11,17H,8-10,12-13H2,1H3/t17-/m1/s1. The Bertz CT molecular complexity index is 900. The van der Waals surface area contributed by atoms with Crippen molar-refractivity contribution in [2.24, 2.45) is 0 Å². The largest absolute Gasteiger partial charge is 0.486 e. The molecule has 0 fully saturated rings. The molecule has 0 aromatic heterocycles. The summed E-state index contributed by atoms with van der Waals surface area (Å²) in [7, 11) is 1.36. The number of hydrogen-bond acceptors (Lipinski definition) is 6. The van der Waals surface area contributed by atoms with Crippen LogP contribution >= 0.6 is 11.8 Å². The van der Waals surface area contributed by atoms with Gasteiger partial charge in [0.2, 0.25) is 5.91 Å². The van der Waals surface area contributed by atoms with E-state index >= 15 is 0 Å². The molecule has 0 radical (unpaired) electrons. The van der Waals surface area contributed by atoms with Crippen LogP contribution < -0.4 is 9.47 Å². The van der Waals surface area contributed by atoms with Crippen LogP contribution in [0.3, 0.4) is 0 Å². The second kappa shape index (κ2) is 8.14. The van der Waals surface area contributed by atoms with E-state index in [2.05, 4.69) is 0 Å². The molecule has 2 aromatic rings. The fourth-order valence-corrected chi connectivity index (χ4v) is 4.28. The third-order valence-corrected chi connectivity index (χ3v) is 5.90. The van der Waals surface area contributed by atoms with Gasteiger partial charge in [-0.3, -0.25) is 4.79 Å². The number of carbonyl (C=O) groups excluding carboxylic acids is 2. The van der Waals surface area contributed by atoms with Crippen molar-refractivity contribution in [2.75, 3.05) is 26.1 Å². The summed E-state index contributed by atoms with van der Waals surface area (Å²) in [4.78, 5) is 27.8. The van der Waals surface area contributed by atoms with Crippen LogP contribution in [-0.2, 0) is 27.3 Å². The molecule has 0 aliphatic carbocycles. The Hall–Kier alpha value is -2.67. The van der Waals surface area contributed by atoms with Crippen LogP contribution in [0.5, 0.6) is 11.5 Å². The maximum absolute atomic E-state index is 12.9. The number of amides is 1. The maximum atomic E-state index is 12.9. The van der Waals surface area contributed by atoms with Crippen LogP contribution in [0.4, 0.5) is 0 Å². The van der Waals surface area contributed by atoms with Gasteiger partial charge in [0.05, 0.1) is 12.9 Å². The first-order valence-electron chi connectivity index (χ1n) is 9.12. The average molecular weight is 399 g/mol. The molecule has 2 aliphatic heterocycles. The molecule has 0 unspecified atom stereocenters. The number of methoxy groups -OCH3 is 1. The molecule has 0 bridgehead atoms. The Labute approximate surface area is 167 Å². The fraction of sp³-hybridized carbons (Fsp3) is 0.333. The lowest BCUT2D eigenvalue weighted by molar-refractivity contribution is -0.153. The molecule has 6 nitrogen and oxygen atoms in total.